The molecule has 1 aliphatic rings. The van der Waals surface area contributed by atoms with Gasteiger partial charge in [0.1, 0.15) is 6.54 Å². The lowest BCUT2D eigenvalue weighted by atomic mass is 10.3. The highest BCUT2D eigenvalue weighted by molar-refractivity contribution is 5.79. The molecule has 0 bridgehead atoms. The summed E-state index contributed by atoms with van der Waals surface area (Å²) in [5, 5.41) is 34.7. The lowest BCUT2D eigenvalue weighted by molar-refractivity contribution is -0.867. The molecule has 0 saturated carbocycles. The van der Waals surface area contributed by atoms with Crippen LogP contribution in [-0.4, -0.2) is 46.5 Å². The predicted octanol–water partition coefficient (Wildman–Crippen LogP) is -0.546. The third-order valence-corrected chi connectivity index (χ3v) is 3.38. The minimum atomic E-state index is -0.177. The fourth-order valence-corrected chi connectivity index (χ4v) is 2.19. The van der Waals surface area contributed by atoms with E-state index >= 15 is 0 Å². The molecule has 8 heteroatoms. The number of rotatable bonds is 6. The van der Waals surface area contributed by atoms with Crippen LogP contribution >= 0.6 is 0 Å². The van der Waals surface area contributed by atoms with Crippen LogP contribution in [0.3, 0.4) is 0 Å². The molecule has 3 N–H and O–H groups in total. The van der Waals surface area contributed by atoms with Crippen molar-refractivity contribution in [1.82, 2.24) is 4.57 Å². The van der Waals surface area contributed by atoms with Gasteiger partial charge in [-0.1, -0.05) is 12.1 Å². The monoisotopic (exact) mass is 331 g/mol. The van der Waals surface area contributed by atoms with Gasteiger partial charge < -0.3 is 14.8 Å². The summed E-state index contributed by atoms with van der Waals surface area (Å²) in [5.41, 5.74) is 0.633. The lowest BCUT2D eigenvalue weighted by Gasteiger charge is -2.19. The lowest BCUT2D eigenvalue weighted by Crippen LogP contribution is -3.11. The van der Waals surface area contributed by atoms with Gasteiger partial charge in [-0.2, -0.15) is 0 Å². The van der Waals surface area contributed by atoms with Gasteiger partial charge in [-0.25, -0.2) is 0 Å². The SMILES string of the molecule is C/C(N=NC1C=CC=C[NH+]1CCO)=N\N=c1/ccccn1CCO. The highest BCUT2D eigenvalue weighted by atomic mass is 16.3. The summed E-state index contributed by atoms with van der Waals surface area (Å²) in [5.74, 6) is 0.431. The van der Waals surface area contributed by atoms with E-state index in [0.717, 1.165) is 4.90 Å². The van der Waals surface area contributed by atoms with Crippen molar-refractivity contribution in [3.63, 3.8) is 0 Å². The molecule has 2 atom stereocenters. The molecule has 1 aliphatic heterocycles. The van der Waals surface area contributed by atoms with E-state index in [1.807, 2.05) is 48.8 Å². The van der Waals surface area contributed by atoms with Gasteiger partial charge in [-0.05, 0) is 31.2 Å². The zero-order chi connectivity index (χ0) is 17.2. The summed E-state index contributed by atoms with van der Waals surface area (Å²) in [7, 11) is 0. The Kier molecular flexibility index (Phi) is 7.21. The van der Waals surface area contributed by atoms with E-state index in [2.05, 4.69) is 20.4 Å². The third-order valence-electron chi connectivity index (χ3n) is 3.38. The molecule has 0 aliphatic carbocycles. The molecule has 24 heavy (non-hydrogen) atoms. The van der Waals surface area contributed by atoms with Crippen molar-refractivity contribution in [3.8, 4) is 0 Å². The zero-order valence-electron chi connectivity index (χ0n) is 13.7. The van der Waals surface area contributed by atoms with Gasteiger partial charge in [0, 0.05) is 12.7 Å². The number of quaternary nitrogens is 1. The summed E-state index contributed by atoms with van der Waals surface area (Å²) in [6, 6.07) is 5.53. The van der Waals surface area contributed by atoms with Gasteiger partial charge in [0.05, 0.1) is 19.4 Å². The molecule has 0 fully saturated rings. The number of nitrogens with one attached hydrogen (secondary N) is 1. The van der Waals surface area contributed by atoms with Crippen LogP contribution in [0, 0.1) is 0 Å². The second-order valence-corrected chi connectivity index (χ2v) is 5.18. The minimum Gasteiger partial charge on any atom is -0.395 e. The molecule has 2 unspecified atom stereocenters. The van der Waals surface area contributed by atoms with Crippen molar-refractivity contribution in [3.05, 3.63) is 54.3 Å². The Morgan fingerprint density at radius 1 is 1.25 bits per heavy atom. The van der Waals surface area contributed by atoms with Crippen LogP contribution in [-0.2, 0) is 6.54 Å². The molecule has 0 saturated heterocycles. The number of allylic oxidation sites excluding steroid dienone is 2. The van der Waals surface area contributed by atoms with Crippen LogP contribution < -0.4 is 10.4 Å². The number of aliphatic hydroxyl groups is 2. The largest absolute Gasteiger partial charge is 0.395 e. The van der Waals surface area contributed by atoms with Crippen molar-refractivity contribution in [2.24, 2.45) is 20.4 Å². The maximum absolute atomic E-state index is 9.08. The van der Waals surface area contributed by atoms with Crippen molar-refractivity contribution < 1.29 is 15.1 Å². The summed E-state index contributed by atoms with van der Waals surface area (Å²) >= 11 is 0. The van der Waals surface area contributed by atoms with Gasteiger partial charge >= 0.3 is 0 Å². The van der Waals surface area contributed by atoms with Gasteiger partial charge in [-0.3, -0.25) is 4.90 Å². The molecule has 2 rings (SSSR count). The third kappa shape index (κ3) is 5.34. The topological polar surface area (TPSA) is 99.3 Å². The first-order valence-corrected chi connectivity index (χ1v) is 7.81. The van der Waals surface area contributed by atoms with E-state index in [9.17, 15) is 0 Å². The molecule has 0 spiro atoms. The Hall–Kier alpha value is -2.42. The zero-order valence-corrected chi connectivity index (χ0v) is 13.7. The number of amidine groups is 1. The predicted molar refractivity (Wildman–Crippen MR) is 90.0 cm³/mol. The molecule has 2 heterocycles. The summed E-state index contributed by atoms with van der Waals surface area (Å²) < 4.78 is 1.80. The quantitative estimate of drug-likeness (QED) is 0.282. The van der Waals surface area contributed by atoms with E-state index in [1.165, 1.54) is 0 Å². The van der Waals surface area contributed by atoms with Crippen LogP contribution in [0.5, 0.6) is 0 Å². The van der Waals surface area contributed by atoms with Gasteiger partial charge in [0.2, 0.25) is 6.17 Å². The van der Waals surface area contributed by atoms with Crippen LogP contribution in [0.15, 0.2) is 69.3 Å². The number of hydrogen-bond acceptors (Lipinski definition) is 5. The molecule has 0 aromatic carbocycles. The molecule has 0 radical (unpaired) electrons. The number of aromatic nitrogens is 1. The summed E-state index contributed by atoms with van der Waals surface area (Å²) in [4.78, 5) is 1.01. The van der Waals surface area contributed by atoms with Crippen LogP contribution in [0.2, 0.25) is 0 Å². The van der Waals surface area contributed by atoms with Crippen molar-refractivity contribution in [2.45, 2.75) is 19.6 Å². The maximum atomic E-state index is 9.08. The smallest absolute Gasteiger partial charge is 0.224 e. The molecule has 8 nitrogen and oxygen atoms in total. The fraction of sp³-hybridized carbons (Fsp3) is 0.375. The number of azo groups is 1. The summed E-state index contributed by atoms with van der Waals surface area (Å²) in [6.07, 6.45) is 9.34. The van der Waals surface area contributed by atoms with E-state index in [-0.39, 0.29) is 19.4 Å². The van der Waals surface area contributed by atoms with Gasteiger partial charge in [0.15, 0.2) is 11.3 Å². The molecule has 1 aromatic heterocycles. The molecular formula is C16H23N6O2+. The molecular weight excluding hydrogens is 308 g/mol. The van der Waals surface area contributed by atoms with Gasteiger partial charge in [0.25, 0.3) is 0 Å². The Morgan fingerprint density at radius 3 is 2.92 bits per heavy atom. The fourth-order valence-electron chi connectivity index (χ4n) is 2.19. The first-order valence-electron chi connectivity index (χ1n) is 7.81. The number of nitrogens with zero attached hydrogens (tertiary/aromatic N) is 5. The van der Waals surface area contributed by atoms with Crippen molar-refractivity contribution >= 4 is 5.84 Å². The van der Waals surface area contributed by atoms with Crippen molar-refractivity contribution in [2.75, 3.05) is 19.8 Å². The van der Waals surface area contributed by atoms with E-state index in [4.69, 9.17) is 10.2 Å². The van der Waals surface area contributed by atoms with E-state index < -0.39 is 0 Å². The highest BCUT2D eigenvalue weighted by Crippen LogP contribution is 1.94. The second kappa shape index (κ2) is 9.66. The average Bonchev–Trinajstić information content (AvgIpc) is 2.61. The van der Waals surface area contributed by atoms with Crippen LogP contribution in [0.25, 0.3) is 0 Å². The maximum Gasteiger partial charge on any atom is 0.224 e. The minimum absolute atomic E-state index is 0.0323. The molecule has 1 aromatic rings. The second-order valence-electron chi connectivity index (χ2n) is 5.18. The Bertz CT molecular complexity index is 705. The first kappa shape index (κ1) is 17.9. The summed E-state index contributed by atoms with van der Waals surface area (Å²) in [6.45, 7) is 2.86. The van der Waals surface area contributed by atoms with Crippen molar-refractivity contribution in [1.29, 1.82) is 0 Å². The first-order chi connectivity index (χ1) is 11.7. The number of hydrogen-bond donors (Lipinski definition) is 3. The Labute approximate surface area is 140 Å². The Balaban J connectivity index is 2.10. The van der Waals surface area contributed by atoms with E-state index in [1.54, 1.807) is 11.5 Å². The van der Waals surface area contributed by atoms with Gasteiger partial charge in [-0.15, -0.1) is 20.4 Å². The Morgan fingerprint density at radius 2 is 2.12 bits per heavy atom. The molecule has 128 valence electrons. The average molecular weight is 331 g/mol. The highest BCUT2D eigenvalue weighted by Gasteiger charge is 2.17. The number of aliphatic hydroxyl groups excluding tert-OH is 2. The normalized spacial score (nSPS) is 21.8. The molecule has 0 amide bonds. The van der Waals surface area contributed by atoms with Crippen LogP contribution in [0.1, 0.15) is 6.92 Å². The standard InChI is InChI=1S/C16H22N6O2/c1-14(17-19-15-6-2-4-8-21(15)10-12-23)18-20-16-7-3-5-9-22(16)11-13-24/h2-9,15,23-24H,10-13H2,1H3/p+1/b18-14+,19-17?,20-16+. The van der Waals surface area contributed by atoms with E-state index in [0.29, 0.717) is 24.4 Å². The number of pyridine rings is 1. The van der Waals surface area contributed by atoms with Crippen LogP contribution in [0.4, 0.5) is 0 Å².